The SMILES string of the molecule is O.O=c1[nH]c2cc([N+](=O)[O-])c(-n3ccnc3)cc2n(CCN2CCOCC2)c1=O. The monoisotopic (exact) mass is 404 g/mol. The van der Waals surface area contributed by atoms with E-state index in [9.17, 15) is 19.7 Å². The highest BCUT2D eigenvalue weighted by Crippen LogP contribution is 2.27. The van der Waals surface area contributed by atoms with E-state index in [1.54, 1.807) is 6.20 Å². The Morgan fingerprint density at radius 1 is 1.21 bits per heavy atom. The van der Waals surface area contributed by atoms with Gasteiger partial charge in [0.05, 0.1) is 35.5 Å². The van der Waals surface area contributed by atoms with Gasteiger partial charge in [-0.3, -0.25) is 24.6 Å². The number of ether oxygens (including phenoxy) is 1. The Bertz CT molecular complexity index is 1130. The van der Waals surface area contributed by atoms with Gasteiger partial charge in [0.25, 0.3) is 5.69 Å². The first-order valence-electron chi connectivity index (χ1n) is 8.78. The molecule has 1 fully saturated rings. The van der Waals surface area contributed by atoms with Crippen LogP contribution in [0.4, 0.5) is 5.69 Å². The molecule has 1 aliphatic rings. The molecular weight excluding hydrogens is 384 g/mol. The summed E-state index contributed by atoms with van der Waals surface area (Å²) in [7, 11) is 0. The third-order valence-electron chi connectivity index (χ3n) is 4.79. The maximum absolute atomic E-state index is 12.5. The molecule has 4 rings (SSSR count). The molecule has 1 aliphatic heterocycles. The van der Waals surface area contributed by atoms with Gasteiger partial charge in [-0.2, -0.15) is 0 Å². The van der Waals surface area contributed by atoms with Crippen LogP contribution in [0.1, 0.15) is 0 Å². The van der Waals surface area contributed by atoms with Crippen molar-refractivity contribution in [1.29, 1.82) is 0 Å². The Kier molecular flexibility index (Phi) is 5.87. The van der Waals surface area contributed by atoms with Crippen LogP contribution in [0.3, 0.4) is 0 Å². The van der Waals surface area contributed by atoms with Crippen molar-refractivity contribution < 1.29 is 15.1 Å². The summed E-state index contributed by atoms with van der Waals surface area (Å²) in [5, 5.41) is 11.5. The summed E-state index contributed by atoms with van der Waals surface area (Å²) in [6.45, 7) is 3.62. The van der Waals surface area contributed by atoms with Gasteiger partial charge in [0.2, 0.25) is 0 Å². The Hall–Kier alpha value is -3.35. The van der Waals surface area contributed by atoms with Crippen molar-refractivity contribution in [3.63, 3.8) is 0 Å². The minimum absolute atomic E-state index is 0. The number of nitrogens with zero attached hydrogens (tertiary/aromatic N) is 5. The molecule has 1 saturated heterocycles. The molecule has 29 heavy (non-hydrogen) atoms. The quantitative estimate of drug-likeness (QED) is 0.334. The van der Waals surface area contributed by atoms with Crippen LogP contribution < -0.4 is 11.1 Å². The highest BCUT2D eigenvalue weighted by atomic mass is 16.6. The molecule has 0 atom stereocenters. The summed E-state index contributed by atoms with van der Waals surface area (Å²) >= 11 is 0. The summed E-state index contributed by atoms with van der Waals surface area (Å²) in [5.74, 6) is 0. The lowest BCUT2D eigenvalue weighted by Gasteiger charge is -2.26. The molecule has 0 radical (unpaired) electrons. The number of benzene rings is 1. The van der Waals surface area contributed by atoms with Gasteiger partial charge in [-0.05, 0) is 6.07 Å². The third kappa shape index (κ3) is 3.94. The topological polar surface area (TPSA) is 160 Å². The van der Waals surface area contributed by atoms with Crippen molar-refractivity contribution in [3.05, 3.63) is 61.7 Å². The van der Waals surface area contributed by atoms with E-state index in [1.807, 2.05) is 0 Å². The molecular formula is C17H20N6O6. The molecule has 154 valence electrons. The number of aromatic amines is 1. The Labute approximate surface area is 163 Å². The Balaban J connectivity index is 0.00000240. The van der Waals surface area contributed by atoms with Gasteiger partial charge >= 0.3 is 11.1 Å². The summed E-state index contributed by atoms with van der Waals surface area (Å²) < 4.78 is 8.19. The second kappa shape index (κ2) is 8.34. The number of imidazole rings is 1. The van der Waals surface area contributed by atoms with Gasteiger partial charge < -0.3 is 24.3 Å². The molecule has 12 nitrogen and oxygen atoms in total. The summed E-state index contributed by atoms with van der Waals surface area (Å²) in [6, 6.07) is 2.81. The highest BCUT2D eigenvalue weighted by molar-refractivity contribution is 5.82. The molecule has 0 aliphatic carbocycles. The number of hydrogen-bond acceptors (Lipinski definition) is 7. The zero-order valence-electron chi connectivity index (χ0n) is 15.4. The predicted octanol–water partition coefficient (Wildman–Crippen LogP) is -0.709. The number of aromatic nitrogens is 4. The summed E-state index contributed by atoms with van der Waals surface area (Å²) in [5.41, 5.74) is -0.763. The molecule has 3 aromatic rings. The largest absolute Gasteiger partial charge is 0.412 e. The maximum Gasteiger partial charge on any atom is 0.316 e. The zero-order chi connectivity index (χ0) is 19.7. The van der Waals surface area contributed by atoms with E-state index in [1.165, 1.54) is 33.8 Å². The van der Waals surface area contributed by atoms with Crippen LogP contribution in [0.25, 0.3) is 16.7 Å². The number of H-pyrrole nitrogens is 1. The van der Waals surface area contributed by atoms with Crippen LogP contribution in [0.15, 0.2) is 40.4 Å². The van der Waals surface area contributed by atoms with E-state index in [0.29, 0.717) is 31.8 Å². The minimum atomic E-state index is -0.806. The normalized spacial score (nSPS) is 14.6. The van der Waals surface area contributed by atoms with Gasteiger partial charge in [-0.1, -0.05) is 0 Å². The van der Waals surface area contributed by atoms with E-state index in [4.69, 9.17) is 4.74 Å². The first-order chi connectivity index (χ1) is 13.5. The fourth-order valence-electron chi connectivity index (χ4n) is 3.34. The standard InChI is InChI=1S/C17H18N6O5.H2O/c24-16-17(25)22(4-3-20-5-7-28-8-6-20)13-10-14(21-2-1-18-11-21)15(23(26)27)9-12(13)19-16;/h1-2,9-11H,3-8H2,(H,19,24);1H2. The second-order valence-corrected chi connectivity index (χ2v) is 6.45. The molecule has 0 saturated carbocycles. The van der Waals surface area contributed by atoms with Crippen LogP contribution in [0.2, 0.25) is 0 Å². The molecule has 3 N–H and O–H groups in total. The first-order valence-corrected chi connectivity index (χ1v) is 8.78. The zero-order valence-corrected chi connectivity index (χ0v) is 15.4. The molecule has 3 heterocycles. The second-order valence-electron chi connectivity index (χ2n) is 6.45. The average Bonchev–Trinajstić information content (AvgIpc) is 3.23. The predicted molar refractivity (Wildman–Crippen MR) is 103 cm³/mol. The number of nitro benzene ring substituents is 1. The van der Waals surface area contributed by atoms with Crippen LogP contribution >= 0.6 is 0 Å². The van der Waals surface area contributed by atoms with E-state index in [-0.39, 0.29) is 22.4 Å². The van der Waals surface area contributed by atoms with Gasteiger partial charge in [-0.25, -0.2) is 4.98 Å². The van der Waals surface area contributed by atoms with Crippen LogP contribution in [-0.4, -0.2) is 67.2 Å². The molecule has 1 aromatic carbocycles. The average molecular weight is 404 g/mol. The number of rotatable bonds is 5. The lowest BCUT2D eigenvalue weighted by Crippen LogP contribution is -2.42. The fraction of sp³-hybridized carbons (Fsp3) is 0.353. The first kappa shape index (κ1) is 20.4. The van der Waals surface area contributed by atoms with Crippen molar-refractivity contribution in [2.24, 2.45) is 0 Å². The molecule has 0 unspecified atom stereocenters. The molecule has 2 aromatic heterocycles. The van der Waals surface area contributed by atoms with Gasteiger partial charge in [-0.15, -0.1) is 0 Å². The van der Waals surface area contributed by atoms with E-state index in [0.717, 1.165) is 13.1 Å². The lowest BCUT2D eigenvalue weighted by molar-refractivity contribution is -0.384. The summed E-state index contributed by atoms with van der Waals surface area (Å²) in [4.78, 5) is 44.1. The Morgan fingerprint density at radius 2 is 1.97 bits per heavy atom. The van der Waals surface area contributed by atoms with Crippen molar-refractivity contribution in [2.75, 3.05) is 32.8 Å². The number of fused-ring (bicyclic) bond motifs is 1. The van der Waals surface area contributed by atoms with Crippen molar-refractivity contribution in [2.45, 2.75) is 6.54 Å². The van der Waals surface area contributed by atoms with Crippen LogP contribution in [0, 0.1) is 10.1 Å². The summed E-state index contributed by atoms with van der Waals surface area (Å²) in [6.07, 6.45) is 4.53. The molecule has 0 bridgehead atoms. The number of morpholine rings is 1. The van der Waals surface area contributed by atoms with E-state index in [2.05, 4.69) is 14.9 Å². The number of nitro groups is 1. The lowest BCUT2D eigenvalue weighted by atomic mass is 10.2. The molecule has 0 amide bonds. The van der Waals surface area contributed by atoms with Crippen LogP contribution in [-0.2, 0) is 11.3 Å². The third-order valence-corrected chi connectivity index (χ3v) is 4.79. The van der Waals surface area contributed by atoms with E-state index >= 15 is 0 Å². The maximum atomic E-state index is 12.5. The van der Waals surface area contributed by atoms with Gasteiger partial charge in [0.1, 0.15) is 5.69 Å². The van der Waals surface area contributed by atoms with Crippen molar-refractivity contribution in [3.8, 4) is 5.69 Å². The van der Waals surface area contributed by atoms with Crippen LogP contribution in [0.5, 0.6) is 0 Å². The molecule has 12 heteroatoms. The minimum Gasteiger partial charge on any atom is -0.412 e. The molecule has 0 spiro atoms. The van der Waals surface area contributed by atoms with Gasteiger partial charge in [0, 0.05) is 44.6 Å². The number of hydrogen-bond donors (Lipinski definition) is 1. The number of nitrogens with one attached hydrogen (secondary N) is 1. The Morgan fingerprint density at radius 3 is 2.62 bits per heavy atom. The van der Waals surface area contributed by atoms with E-state index < -0.39 is 16.0 Å². The fourth-order valence-corrected chi connectivity index (χ4v) is 3.34. The van der Waals surface area contributed by atoms with Gasteiger partial charge in [0.15, 0.2) is 0 Å². The van der Waals surface area contributed by atoms with Crippen molar-refractivity contribution in [1.82, 2.24) is 24.0 Å². The smallest absolute Gasteiger partial charge is 0.316 e. The van der Waals surface area contributed by atoms with Crippen molar-refractivity contribution >= 4 is 16.7 Å². The highest BCUT2D eigenvalue weighted by Gasteiger charge is 2.20.